The van der Waals surface area contributed by atoms with Crippen LogP contribution in [0, 0.1) is 0 Å². The van der Waals surface area contributed by atoms with E-state index in [2.05, 4.69) is 17.1 Å². The second-order valence-electron chi connectivity index (χ2n) is 5.02. The molecule has 7 heteroatoms. The van der Waals surface area contributed by atoms with Gasteiger partial charge in [0.2, 0.25) is 0 Å². The number of carbonyl (C=O) groups is 1. The van der Waals surface area contributed by atoms with Crippen molar-refractivity contribution in [2.75, 3.05) is 5.75 Å². The molecule has 0 spiro atoms. The number of carbonyl (C=O) groups excluding carboxylic acids is 1. The fourth-order valence-corrected chi connectivity index (χ4v) is 3.62. The maximum atomic E-state index is 11.1. The summed E-state index contributed by atoms with van der Waals surface area (Å²) in [5.41, 5.74) is 0.945. The molecular formula is C15H16ClN3O2S. The average molecular weight is 338 g/mol. The quantitative estimate of drug-likeness (QED) is 0.618. The number of halogens is 1. The molecule has 0 amide bonds. The summed E-state index contributed by atoms with van der Waals surface area (Å²) in [6.45, 7) is 2.82. The van der Waals surface area contributed by atoms with E-state index >= 15 is 0 Å². The molecule has 5 nitrogen and oxygen atoms in total. The van der Waals surface area contributed by atoms with Gasteiger partial charge in [0.25, 0.3) is 0 Å². The molecule has 0 bridgehead atoms. The van der Waals surface area contributed by atoms with Crippen LogP contribution in [-0.4, -0.2) is 32.6 Å². The lowest BCUT2D eigenvalue weighted by Gasteiger charge is -2.10. The van der Waals surface area contributed by atoms with E-state index in [0.717, 1.165) is 29.5 Å². The first-order valence-electron chi connectivity index (χ1n) is 7.18. The van der Waals surface area contributed by atoms with Crippen LogP contribution in [0.25, 0.3) is 11.4 Å². The van der Waals surface area contributed by atoms with Gasteiger partial charge in [-0.2, -0.15) is 0 Å². The van der Waals surface area contributed by atoms with Crippen molar-refractivity contribution >= 4 is 29.3 Å². The number of rotatable bonds is 5. The minimum atomic E-state index is -0.109. The number of benzene rings is 1. The summed E-state index contributed by atoms with van der Waals surface area (Å²) in [6, 6.07) is 7.58. The predicted octanol–water partition coefficient (Wildman–Crippen LogP) is 3.42. The molecule has 1 aliphatic heterocycles. The van der Waals surface area contributed by atoms with E-state index in [9.17, 15) is 4.79 Å². The summed E-state index contributed by atoms with van der Waals surface area (Å²) in [7, 11) is 0. The highest BCUT2D eigenvalue weighted by Gasteiger charge is 2.24. The van der Waals surface area contributed by atoms with Gasteiger partial charge < -0.3 is 9.30 Å². The maximum absolute atomic E-state index is 11.1. The smallest absolute Gasteiger partial charge is 0.306 e. The predicted molar refractivity (Wildman–Crippen MR) is 86.0 cm³/mol. The zero-order valence-electron chi connectivity index (χ0n) is 12.2. The van der Waals surface area contributed by atoms with Crippen molar-refractivity contribution < 1.29 is 9.53 Å². The van der Waals surface area contributed by atoms with Crippen LogP contribution in [0.3, 0.4) is 0 Å². The molecule has 1 aliphatic rings. The fraction of sp³-hybridized carbons (Fsp3) is 0.400. The number of cyclic esters (lactones) is 1. The molecule has 0 unspecified atom stereocenters. The average Bonchev–Trinajstić information content (AvgIpc) is 3.10. The summed E-state index contributed by atoms with van der Waals surface area (Å²) in [6.07, 6.45) is 1.28. The molecule has 2 heterocycles. The molecule has 1 saturated heterocycles. The van der Waals surface area contributed by atoms with Gasteiger partial charge in [0.15, 0.2) is 11.0 Å². The summed E-state index contributed by atoms with van der Waals surface area (Å²) in [5, 5.41) is 10.1. The van der Waals surface area contributed by atoms with Crippen molar-refractivity contribution in [2.45, 2.75) is 37.6 Å². The van der Waals surface area contributed by atoms with E-state index < -0.39 is 0 Å². The van der Waals surface area contributed by atoms with E-state index in [-0.39, 0.29) is 12.1 Å². The third-order valence-corrected chi connectivity index (χ3v) is 4.82. The van der Waals surface area contributed by atoms with Gasteiger partial charge in [0, 0.05) is 29.3 Å². The molecule has 0 radical (unpaired) electrons. The Balaban J connectivity index is 1.77. The highest BCUT2D eigenvalue weighted by molar-refractivity contribution is 7.99. The highest BCUT2D eigenvalue weighted by atomic mass is 35.5. The highest BCUT2D eigenvalue weighted by Crippen LogP contribution is 2.28. The minimum Gasteiger partial charge on any atom is -0.461 e. The van der Waals surface area contributed by atoms with Gasteiger partial charge >= 0.3 is 5.97 Å². The normalized spacial score (nSPS) is 17.7. The Morgan fingerprint density at radius 3 is 3.00 bits per heavy atom. The Labute approximate surface area is 138 Å². The topological polar surface area (TPSA) is 57.0 Å². The summed E-state index contributed by atoms with van der Waals surface area (Å²) >= 11 is 7.62. The van der Waals surface area contributed by atoms with Crippen LogP contribution in [0.1, 0.15) is 19.8 Å². The first-order valence-corrected chi connectivity index (χ1v) is 8.55. The van der Waals surface area contributed by atoms with Crippen LogP contribution in [0.4, 0.5) is 0 Å². The lowest BCUT2D eigenvalue weighted by Crippen LogP contribution is -2.10. The molecule has 2 aromatic rings. The Bertz CT molecular complexity index is 689. The van der Waals surface area contributed by atoms with Crippen LogP contribution in [0.2, 0.25) is 5.02 Å². The number of hydrogen-bond donors (Lipinski definition) is 0. The second kappa shape index (κ2) is 6.71. The SMILES string of the molecule is CCn1c(SC[C@H]2CCC(=O)O2)nnc1-c1cccc(Cl)c1. The van der Waals surface area contributed by atoms with Gasteiger partial charge in [-0.15, -0.1) is 10.2 Å². The monoisotopic (exact) mass is 337 g/mol. The summed E-state index contributed by atoms with van der Waals surface area (Å²) in [4.78, 5) is 11.1. The van der Waals surface area contributed by atoms with Crippen molar-refractivity contribution in [1.29, 1.82) is 0 Å². The maximum Gasteiger partial charge on any atom is 0.306 e. The van der Waals surface area contributed by atoms with Crippen LogP contribution in [-0.2, 0) is 16.1 Å². The molecule has 1 fully saturated rings. The molecule has 1 atom stereocenters. The Kier molecular flexibility index (Phi) is 4.69. The number of hydrogen-bond acceptors (Lipinski definition) is 5. The number of nitrogens with zero attached hydrogens (tertiary/aromatic N) is 3. The van der Waals surface area contributed by atoms with E-state index in [1.165, 1.54) is 0 Å². The molecule has 0 N–H and O–H groups in total. The zero-order valence-corrected chi connectivity index (χ0v) is 13.7. The standard InChI is InChI=1S/C15H16ClN3O2S/c1-2-19-14(10-4-3-5-11(16)8-10)17-18-15(19)22-9-12-6-7-13(20)21-12/h3-5,8,12H,2,6-7,9H2,1H3/t12-/m1/s1. The largest absolute Gasteiger partial charge is 0.461 e. The van der Waals surface area contributed by atoms with Crippen molar-refractivity contribution in [3.8, 4) is 11.4 Å². The van der Waals surface area contributed by atoms with Crippen LogP contribution in [0.5, 0.6) is 0 Å². The van der Waals surface area contributed by atoms with Crippen LogP contribution < -0.4 is 0 Å². The van der Waals surface area contributed by atoms with Gasteiger partial charge in [-0.1, -0.05) is 35.5 Å². The van der Waals surface area contributed by atoms with Gasteiger partial charge in [-0.25, -0.2) is 0 Å². The number of thioether (sulfide) groups is 1. The van der Waals surface area contributed by atoms with E-state index in [4.69, 9.17) is 16.3 Å². The van der Waals surface area contributed by atoms with Gasteiger partial charge in [-0.3, -0.25) is 4.79 Å². The Morgan fingerprint density at radius 2 is 2.32 bits per heavy atom. The molecule has 3 rings (SSSR count). The molecule has 0 saturated carbocycles. The van der Waals surface area contributed by atoms with Gasteiger partial charge in [0.1, 0.15) is 6.10 Å². The molecule has 22 heavy (non-hydrogen) atoms. The first kappa shape index (κ1) is 15.4. The molecule has 116 valence electrons. The summed E-state index contributed by atoms with van der Waals surface area (Å²) in [5.74, 6) is 1.40. The van der Waals surface area contributed by atoms with Crippen LogP contribution in [0.15, 0.2) is 29.4 Å². The molecule has 1 aromatic carbocycles. The third kappa shape index (κ3) is 3.28. The van der Waals surface area contributed by atoms with E-state index in [1.807, 2.05) is 28.8 Å². The summed E-state index contributed by atoms with van der Waals surface area (Å²) < 4.78 is 7.28. The van der Waals surface area contributed by atoms with Crippen LogP contribution >= 0.6 is 23.4 Å². The lowest BCUT2D eigenvalue weighted by molar-refractivity contribution is -0.140. The van der Waals surface area contributed by atoms with Gasteiger partial charge in [0.05, 0.1) is 0 Å². The van der Waals surface area contributed by atoms with E-state index in [0.29, 0.717) is 17.2 Å². The number of ether oxygens (including phenoxy) is 1. The number of aromatic nitrogens is 3. The zero-order chi connectivity index (χ0) is 15.5. The van der Waals surface area contributed by atoms with Crippen molar-refractivity contribution in [3.63, 3.8) is 0 Å². The third-order valence-electron chi connectivity index (χ3n) is 3.48. The lowest BCUT2D eigenvalue weighted by atomic mass is 10.2. The van der Waals surface area contributed by atoms with Gasteiger partial charge in [-0.05, 0) is 25.5 Å². The van der Waals surface area contributed by atoms with E-state index in [1.54, 1.807) is 11.8 Å². The van der Waals surface area contributed by atoms with Crippen molar-refractivity contribution in [3.05, 3.63) is 29.3 Å². The fourth-order valence-electron chi connectivity index (χ4n) is 2.39. The molecule has 0 aliphatic carbocycles. The Morgan fingerprint density at radius 1 is 1.45 bits per heavy atom. The molecular weight excluding hydrogens is 322 g/mol. The Hall–Kier alpha value is -1.53. The molecule has 1 aromatic heterocycles. The van der Waals surface area contributed by atoms with Crippen molar-refractivity contribution in [1.82, 2.24) is 14.8 Å². The first-order chi connectivity index (χ1) is 10.7. The number of esters is 1. The second-order valence-corrected chi connectivity index (χ2v) is 6.45. The minimum absolute atomic E-state index is 0.0193. The van der Waals surface area contributed by atoms with Crippen molar-refractivity contribution in [2.24, 2.45) is 0 Å².